The van der Waals surface area contributed by atoms with E-state index in [1.54, 1.807) is 4.90 Å². The summed E-state index contributed by atoms with van der Waals surface area (Å²) in [5, 5.41) is 3.00. The second-order valence-corrected chi connectivity index (χ2v) is 7.85. The summed E-state index contributed by atoms with van der Waals surface area (Å²) in [6, 6.07) is 8.66. The Labute approximate surface area is 166 Å². The molecule has 1 aliphatic heterocycles. The molecule has 150 valence electrons. The number of nitrogens with zero attached hydrogens (tertiary/aromatic N) is 2. The Morgan fingerprint density at radius 3 is 2.44 bits per heavy atom. The fourth-order valence-corrected chi connectivity index (χ4v) is 3.72. The molecule has 1 fully saturated rings. The van der Waals surface area contributed by atoms with Crippen LogP contribution in [0.2, 0.25) is 0 Å². The Balaban J connectivity index is 1.74. The van der Waals surface area contributed by atoms with E-state index in [0.717, 1.165) is 6.42 Å². The average Bonchev–Trinajstić information content (AvgIpc) is 2.69. The topological polar surface area (TPSA) is 61.9 Å². The average molecular weight is 394 g/mol. The minimum Gasteiger partial charge on any atom is -0.378 e. The van der Waals surface area contributed by atoms with Crippen LogP contribution in [0.1, 0.15) is 24.1 Å². The molecular weight excluding hydrogens is 362 g/mol. The molecule has 1 heterocycles. The number of hydrogen-bond donors (Lipinski definition) is 1. The zero-order valence-electron chi connectivity index (χ0n) is 16.6. The van der Waals surface area contributed by atoms with Crippen LogP contribution in [0.4, 0.5) is 0 Å². The van der Waals surface area contributed by atoms with Crippen molar-refractivity contribution in [2.75, 3.05) is 58.4 Å². The lowest BCUT2D eigenvalue weighted by Gasteiger charge is -2.26. The molecule has 2 amide bonds. The Morgan fingerprint density at radius 2 is 1.85 bits per heavy atom. The minimum atomic E-state index is -0.0354. The summed E-state index contributed by atoms with van der Waals surface area (Å²) in [6.07, 6.45) is 1.02. The van der Waals surface area contributed by atoms with Gasteiger partial charge in [0.2, 0.25) is 11.8 Å². The van der Waals surface area contributed by atoms with Crippen LogP contribution in [0, 0.1) is 0 Å². The highest BCUT2D eigenvalue weighted by atomic mass is 32.2. The SMILES string of the molecule is CCc1ccc(C(CNC(=O)CSCC(=O)N2CCOCC2)N(C)C)cc1. The van der Waals surface area contributed by atoms with E-state index in [-0.39, 0.29) is 17.9 Å². The van der Waals surface area contributed by atoms with Gasteiger partial charge in [-0.25, -0.2) is 0 Å². The predicted molar refractivity (Wildman–Crippen MR) is 110 cm³/mol. The second kappa shape index (κ2) is 11.3. The number of morpholine rings is 1. The van der Waals surface area contributed by atoms with Crippen LogP contribution in [-0.2, 0) is 20.7 Å². The number of aryl methyl sites for hydroxylation is 1. The molecule has 0 bridgehead atoms. The molecule has 6 nitrogen and oxygen atoms in total. The van der Waals surface area contributed by atoms with Gasteiger partial charge >= 0.3 is 0 Å². The van der Waals surface area contributed by atoms with Crippen LogP contribution in [-0.4, -0.2) is 80.1 Å². The molecule has 2 rings (SSSR count). The van der Waals surface area contributed by atoms with Gasteiger partial charge in [-0.2, -0.15) is 0 Å². The van der Waals surface area contributed by atoms with Crippen LogP contribution in [0.3, 0.4) is 0 Å². The maximum Gasteiger partial charge on any atom is 0.232 e. The molecule has 0 aromatic heterocycles. The zero-order chi connectivity index (χ0) is 19.6. The summed E-state index contributed by atoms with van der Waals surface area (Å²) < 4.78 is 5.25. The highest BCUT2D eigenvalue weighted by Gasteiger charge is 2.18. The van der Waals surface area contributed by atoms with Crippen molar-refractivity contribution in [2.24, 2.45) is 0 Å². The first-order chi connectivity index (χ1) is 13.0. The molecular formula is C20H31N3O3S. The highest BCUT2D eigenvalue weighted by molar-refractivity contribution is 8.00. The van der Waals surface area contributed by atoms with Crippen molar-refractivity contribution in [1.29, 1.82) is 0 Å². The number of ether oxygens (including phenoxy) is 1. The lowest BCUT2D eigenvalue weighted by Crippen LogP contribution is -2.41. The molecule has 0 aliphatic carbocycles. The smallest absolute Gasteiger partial charge is 0.232 e. The molecule has 1 N–H and O–H groups in total. The van der Waals surface area contributed by atoms with Crippen molar-refractivity contribution in [2.45, 2.75) is 19.4 Å². The third-order valence-electron chi connectivity index (χ3n) is 4.71. The Morgan fingerprint density at radius 1 is 1.19 bits per heavy atom. The molecule has 0 spiro atoms. The zero-order valence-corrected chi connectivity index (χ0v) is 17.4. The number of rotatable bonds is 9. The maximum atomic E-state index is 12.2. The number of amides is 2. The summed E-state index contributed by atoms with van der Waals surface area (Å²) in [5.74, 6) is 0.679. The van der Waals surface area contributed by atoms with Crippen molar-refractivity contribution in [3.05, 3.63) is 35.4 Å². The quantitative estimate of drug-likeness (QED) is 0.690. The van der Waals surface area contributed by atoms with E-state index in [4.69, 9.17) is 4.74 Å². The number of benzene rings is 1. The number of likely N-dealkylation sites (N-methyl/N-ethyl adjacent to an activating group) is 1. The van der Waals surface area contributed by atoms with E-state index in [0.29, 0.717) is 44.4 Å². The van der Waals surface area contributed by atoms with E-state index >= 15 is 0 Å². The summed E-state index contributed by atoms with van der Waals surface area (Å²) in [7, 11) is 4.03. The van der Waals surface area contributed by atoms with Gasteiger partial charge in [0, 0.05) is 19.6 Å². The molecule has 1 aromatic rings. The van der Waals surface area contributed by atoms with Crippen molar-refractivity contribution in [3.63, 3.8) is 0 Å². The van der Waals surface area contributed by atoms with Gasteiger partial charge in [-0.15, -0.1) is 11.8 Å². The number of carbonyl (C=O) groups excluding carboxylic acids is 2. The third-order valence-corrected chi connectivity index (χ3v) is 5.63. The van der Waals surface area contributed by atoms with E-state index in [9.17, 15) is 9.59 Å². The standard InChI is InChI=1S/C20H31N3O3S/c1-4-16-5-7-17(8-6-16)18(22(2)3)13-21-19(24)14-27-15-20(25)23-9-11-26-12-10-23/h5-8,18H,4,9-15H2,1-3H3,(H,21,24). The van der Waals surface area contributed by atoms with Crippen molar-refractivity contribution < 1.29 is 14.3 Å². The van der Waals surface area contributed by atoms with Gasteiger partial charge in [-0.05, 0) is 31.6 Å². The number of carbonyl (C=O) groups is 2. The van der Waals surface area contributed by atoms with Gasteiger partial charge in [0.1, 0.15) is 0 Å². The molecule has 1 atom stereocenters. The summed E-state index contributed by atoms with van der Waals surface area (Å²) >= 11 is 1.37. The molecule has 0 radical (unpaired) electrons. The van der Waals surface area contributed by atoms with Crippen LogP contribution in [0.15, 0.2) is 24.3 Å². The van der Waals surface area contributed by atoms with Crippen LogP contribution in [0.25, 0.3) is 0 Å². The lowest BCUT2D eigenvalue weighted by atomic mass is 10.0. The fourth-order valence-electron chi connectivity index (χ4n) is 2.97. The normalized spacial score (nSPS) is 15.6. The summed E-state index contributed by atoms with van der Waals surface area (Å²) in [4.78, 5) is 28.2. The Hall–Kier alpha value is -1.57. The molecule has 7 heteroatoms. The van der Waals surface area contributed by atoms with Crippen molar-refractivity contribution >= 4 is 23.6 Å². The molecule has 1 aromatic carbocycles. The molecule has 1 saturated heterocycles. The van der Waals surface area contributed by atoms with Gasteiger partial charge < -0.3 is 19.9 Å². The van der Waals surface area contributed by atoms with Crippen LogP contribution in [0.5, 0.6) is 0 Å². The molecule has 1 unspecified atom stereocenters. The number of nitrogens with one attached hydrogen (secondary N) is 1. The first kappa shape index (κ1) is 21.7. The first-order valence-electron chi connectivity index (χ1n) is 9.46. The van der Waals surface area contributed by atoms with E-state index in [1.165, 1.54) is 22.9 Å². The van der Waals surface area contributed by atoms with Crippen molar-refractivity contribution in [3.8, 4) is 0 Å². The van der Waals surface area contributed by atoms with Crippen LogP contribution < -0.4 is 5.32 Å². The van der Waals surface area contributed by atoms with Gasteiger partial charge in [-0.1, -0.05) is 31.2 Å². The van der Waals surface area contributed by atoms with E-state index < -0.39 is 0 Å². The Bertz CT molecular complexity index is 601. The number of thioether (sulfide) groups is 1. The fraction of sp³-hybridized carbons (Fsp3) is 0.600. The summed E-state index contributed by atoms with van der Waals surface area (Å²) in [6.45, 7) is 5.18. The summed E-state index contributed by atoms with van der Waals surface area (Å²) in [5.41, 5.74) is 2.49. The van der Waals surface area contributed by atoms with E-state index in [2.05, 4.69) is 41.4 Å². The molecule has 1 aliphatic rings. The van der Waals surface area contributed by atoms with Gasteiger partial charge in [-0.3, -0.25) is 9.59 Å². The molecule has 27 heavy (non-hydrogen) atoms. The van der Waals surface area contributed by atoms with Gasteiger partial charge in [0.15, 0.2) is 0 Å². The predicted octanol–water partition coefficient (Wildman–Crippen LogP) is 1.56. The monoisotopic (exact) mass is 393 g/mol. The highest BCUT2D eigenvalue weighted by Crippen LogP contribution is 2.18. The molecule has 0 saturated carbocycles. The maximum absolute atomic E-state index is 12.2. The minimum absolute atomic E-state index is 0.0354. The van der Waals surface area contributed by atoms with Crippen LogP contribution >= 0.6 is 11.8 Å². The Kier molecular flexibility index (Phi) is 9.10. The van der Waals surface area contributed by atoms with E-state index in [1.807, 2.05) is 14.1 Å². The first-order valence-corrected chi connectivity index (χ1v) is 10.6. The third kappa shape index (κ3) is 7.16. The van der Waals surface area contributed by atoms with Gasteiger partial charge in [0.25, 0.3) is 0 Å². The van der Waals surface area contributed by atoms with Crippen molar-refractivity contribution in [1.82, 2.24) is 15.1 Å². The number of hydrogen-bond acceptors (Lipinski definition) is 5. The second-order valence-electron chi connectivity index (χ2n) is 6.86. The van der Waals surface area contributed by atoms with Gasteiger partial charge in [0.05, 0.1) is 30.8 Å². The lowest BCUT2D eigenvalue weighted by molar-refractivity contribution is -0.132. The largest absolute Gasteiger partial charge is 0.378 e.